The van der Waals surface area contributed by atoms with Crippen LogP contribution in [0.3, 0.4) is 0 Å². The number of hydrogen-bond donors (Lipinski definition) is 1. The van der Waals surface area contributed by atoms with Crippen molar-refractivity contribution in [2.24, 2.45) is 0 Å². The largest absolute Gasteiger partial charge is 0.481 e. The van der Waals surface area contributed by atoms with E-state index in [1.807, 2.05) is 0 Å². The molecule has 0 atom stereocenters. The molecule has 0 spiro atoms. The lowest BCUT2D eigenvalue weighted by atomic mass is 10.0. The van der Waals surface area contributed by atoms with Gasteiger partial charge in [-0.1, -0.05) is 38.1 Å². The van der Waals surface area contributed by atoms with Gasteiger partial charge in [0, 0.05) is 24.9 Å². The van der Waals surface area contributed by atoms with Crippen molar-refractivity contribution in [3.63, 3.8) is 0 Å². The summed E-state index contributed by atoms with van der Waals surface area (Å²) in [5, 5.41) is 3.41. The molecule has 1 aromatic heterocycles. The van der Waals surface area contributed by atoms with E-state index < -0.39 is 0 Å². The molecule has 23 heavy (non-hydrogen) atoms. The topological polar surface area (TPSA) is 47.0 Å². The lowest BCUT2D eigenvalue weighted by Crippen LogP contribution is -2.16. The lowest BCUT2D eigenvalue weighted by molar-refractivity contribution is 0.388. The van der Waals surface area contributed by atoms with Gasteiger partial charge in [-0.2, -0.15) is 4.98 Å². The van der Waals surface area contributed by atoms with E-state index in [0.717, 1.165) is 55.3 Å². The molecule has 0 radical (unpaired) electrons. The Kier molecular flexibility index (Phi) is 4.91. The summed E-state index contributed by atoms with van der Waals surface area (Å²) >= 11 is 0. The third-order valence-electron chi connectivity index (χ3n) is 4.39. The van der Waals surface area contributed by atoms with Crippen LogP contribution in [0, 0.1) is 0 Å². The number of hydrogen-bond acceptors (Lipinski definition) is 4. The fourth-order valence-corrected chi connectivity index (χ4v) is 3.01. The van der Waals surface area contributed by atoms with E-state index in [0.29, 0.717) is 5.92 Å². The molecule has 0 aliphatic carbocycles. The maximum atomic E-state index is 5.52. The zero-order chi connectivity index (χ0) is 16.2. The Labute approximate surface area is 138 Å². The minimum absolute atomic E-state index is 0.556. The highest BCUT2D eigenvalue weighted by Crippen LogP contribution is 2.23. The fourth-order valence-electron chi connectivity index (χ4n) is 3.01. The van der Waals surface area contributed by atoms with E-state index in [1.165, 1.54) is 11.1 Å². The average molecular weight is 311 g/mol. The van der Waals surface area contributed by atoms with Crippen LogP contribution in [-0.2, 0) is 19.3 Å². The third kappa shape index (κ3) is 3.70. The van der Waals surface area contributed by atoms with Crippen molar-refractivity contribution in [2.75, 3.05) is 20.2 Å². The number of aromatic nitrogens is 2. The monoisotopic (exact) mass is 311 g/mol. The Balaban J connectivity index is 1.86. The van der Waals surface area contributed by atoms with Gasteiger partial charge in [0.2, 0.25) is 5.88 Å². The summed E-state index contributed by atoms with van der Waals surface area (Å²) in [6, 6.07) is 8.76. The van der Waals surface area contributed by atoms with Crippen LogP contribution in [0.15, 0.2) is 24.3 Å². The summed E-state index contributed by atoms with van der Waals surface area (Å²) in [4.78, 5) is 9.44. The Hall–Kier alpha value is -1.94. The van der Waals surface area contributed by atoms with Gasteiger partial charge in [-0.3, -0.25) is 0 Å². The molecule has 3 rings (SSSR count). The molecule has 0 fully saturated rings. The molecule has 0 amide bonds. The van der Waals surface area contributed by atoms with Crippen molar-refractivity contribution < 1.29 is 4.74 Å². The van der Waals surface area contributed by atoms with E-state index in [1.54, 1.807) is 7.11 Å². The molecule has 4 heteroatoms. The molecule has 4 nitrogen and oxygen atoms in total. The number of benzene rings is 1. The lowest BCUT2D eigenvalue weighted by Gasteiger charge is -2.12. The summed E-state index contributed by atoms with van der Waals surface area (Å²) in [6.07, 6.45) is 2.62. The molecule has 0 saturated carbocycles. The van der Waals surface area contributed by atoms with Crippen molar-refractivity contribution in [1.29, 1.82) is 0 Å². The molecule has 1 N–H and O–H groups in total. The zero-order valence-corrected chi connectivity index (χ0v) is 14.2. The van der Waals surface area contributed by atoms with Crippen molar-refractivity contribution in [3.05, 3.63) is 52.5 Å². The summed E-state index contributed by atoms with van der Waals surface area (Å²) in [5.74, 6) is 2.15. The second kappa shape index (κ2) is 7.09. The summed E-state index contributed by atoms with van der Waals surface area (Å²) in [7, 11) is 1.70. The number of rotatable bonds is 4. The van der Waals surface area contributed by atoms with Crippen LogP contribution >= 0.6 is 0 Å². The van der Waals surface area contributed by atoms with Crippen LogP contribution in [0.1, 0.15) is 48.0 Å². The van der Waals surface area contributed by atoms with Crippen LogP contribution in [0.4, 0.5) is 0 Å². The van der Waals surface area contributed by atoms with Gasteiger partial charge in [0.05, 0.1) is 12.8 Å². The molecule has 2 heterocycles. The predicted molar refractivity (Wildman–Crippen MR) is 92.2 cm³/mol. The highest BCUT2D eigenvalue weighted by Gasteiger charge is 2.17. The normalized spacial score (nSPS) is 14.4. The summed E-state index contributed by atoms with van der Waals surface area (Å²) < 4.78 is 5.52. The Morgan fingerprint density at radius 1 is 1.09 bits per heavy atom. The SMILES string of the molecule is COc1nc(Cc2ccc(C(C)C)cc2)nc2c1CCNCC2. The van der Waals surface area contributed by atoms with Gasteiger partial charge < -0.3 is 10.1 Å². The first-order valence-electron chi connectivity index (χ1n) is 8.39. The second-order valence-corrected chi connectivity index (χ2v) is 6.40. The van der Waals surface area contributed by atoms with Gasteiger partial charge >= 0.3 is 0 Å². The number of fused-ring (bicyclic) bond motifs is 1. The van der Waals surface area contributed by atoms with Gasteiger partial charge in [-0.25, -0.2) is 4.98 Å². The first kappa shape index (κ1) is 15.9. The Morgan fingerprint density at radius 2 is 1.83 bits per heavy atom. The molecule has 0 saturated heterocycles. The van der Waals surface area contributed by atoms with E-state index in [9.17, 15) is 0 Å². The smallest absolute Gasteiger partial charge is 0.219 e. The average Bonchev–Trinajstić information content (AvgIpc) is 2.80. The highest BCUT2D eigenvalue weighted by molar-refractivity contribution is 5.34. The molecular weight excluding hydrogens is 286 g/mol. The molecule has 1 aromatic carbocycles. The molecule has 0 unspecified atom stereocenters. The van der Waals surface area contributed by atoms with E-state index in [-0.39, 0.29) is 0 Å². The van der Waals surface area contributed by atoms with Crippen LogP contribution in [-0.4, -0.2) is 30.2 Å². The molecule has 0 bridgehead atoms. The first-order valence-corrected chi connectivity index (χ1v) is 8.39. The molecular formula is C19H25N3O. The minimum atomic E-state index is 0.556. The van der Waals surface area contributed by atoms with Crippen molar-refractivity contribution in [2.45, 2.75) is 39.0 Å². The van der Waals surface area contributed by atoms with E-state index >= 15 is 0 Å². The maximum absolute atomic E-state index is 5.52. The summed E-state index contributed by atoms with van der Waals surface area (Å²) in [6.45, 7) is 6.35. The minimum Gasteiger partial charge on any atom is -0.481 e. The van der Waals surface area contributed by atoms with Gasteiger partial charge in [0.15, 0.2) is 0 Å². The van der Waals surface area contributed by atoms with E-state index in [2.05, 4.69) is 48.4 Å². The first-order chi connectivity index (χ1) is 11.2. The highest BCUT2D eigenvalue weighted by atomic mass is 16.5. The Bertz CT molecular complexity index is 665. The standard InChI is InChI=1S/C19H25N3O/c1-13(2)15-6-4-14(5-7-15)12-18-21-17-9-11-20-10-8-16(17)19(22-18)23-3/h4-7,13,20H,8-12H2,1-3H3. The van der Waals surface area contributed by atoms with Crippen LogP contribution in [0.25, 0.3) is 0 Å². The zero-order valence-electron chi connectivity index (χ0n) is 14.2. The van der Waals surface area contributed by atoms with Crippen molar-refractivity contribution in [1.82, 2.24) is 15.3 Å². The van der Waals surface area contributed by atoms with Gasteiger partial charge in [0.1, 0.15) is 5.82 Å². The van der Waals surface area contributed by atoms with Crippen molar-refractivity contribution in [3.8, 4) is 5.88 Å². The molecule has 1 aliphatic heterocycles. The van der Waals surface area contributed by atoms with Crippen molar-refractivity contribution >= 4 is 0 Å². The number of nitrogens with one attached hydrogen (secondary N) is 1. The fraction of sp³-hybridized carbons (Fsp3) is 0.474. The van der Waals surface area contributed by atoms with Crippen LogP contribution in [0.5, 0.6) is 5.88 Å². The Morgan fingerprint density at radius 3 is 2.52 bits per heavy atom. The molecule has 2 aromatic rings. The predicted octanol–water partition coefficient (Wildman–Crippen LogP) is 2.89. The second-order valence-electron chi connectivity index (χ2n) is 6.40. The van der Waals surface area contributed by atoms with Gasteiger partial charge in [0.25, 0.3) is 0 Å². The summed E-state index contributed by atoms with van der Waals surface area (Å²) in [5.41, 5.74) is 4.90. The van der Waals surface area contributed by atoms with E-state index in [4.69, 9.17) is 9.72 Å². The number of ether oxygens (including phenoxy) is 1. The van der Waals surface area contributed by atoms with Gasteiger partial charge in [-0.05, 0) is 30.0 Å². The van der Waals surface area contributed by atoms with Crippen LogP contribution in [0.2, 0.25) is 0 Å². The quantitative estimate of drug-likeness (QED) is 0.943. The molecule has 122 valence electrons. The molecule has 1 aliphatic rings. The number of nitrogens with zero attached hydrogens (tertiary/aromatic N) is 2. The third-order valence-corrected chi connectivity index (χ3v) is 4.39. The number of methoxy groups -OCH3 is 1. The maximum Gasteiger partial charge on any atom is 0.219 e. The van der Waals surface area contributed by atoms with Crippen LogP contribution < -0.4 is 10.1 Å². The van der Waals surface area contributed by atoms with Gasteiger partial charge in [-0.15, -0.1) is 0 Å².